The number of carbonyl (C=O) groups is 3. The first-order valence-corrected chi connectivity index (χ1v) is 20.6. The number of hydrogen-bond donors (Lipinski definition) is 2. The molecule has 9 nitrogen and oxygen atoms in total. The SMILES string of the molecule is CCCCc1c(CCCC)c(-c2cc3c(cc2C(=O)N2Cc4ccccc4C[C@H]2C)CN(C(=O)Cc2cccc(NCCN(C)C)c2)CC3)n(C)c1C.NC=O. The summed E-state index contributed by atoms with van der Waals surface area (Å²) in [5.41, 5.74) is 18.3. The van der Waals surface area contributed by atoms with Crippen molar-refractivity contribution in [2.24, 2.45) is 12.8 Å². The maximum atomic E-state index is 15.0. The highest BCUT2D eigenvalue weighted by Crippen LogP contribution is 2.39. The molecule has 0 unspecified atom stereocenters. The van der Waals surface area contributed by atoms with E-state index in [4.69, 9.17) is 4.79 Å². The van der Waals surface area contributed by atoms with Gasteiger partial charge in [-0.3, -0.25) is 14.4 Å². The third kappa shape index (κ3) is 9.91. The van der Waals surface area contributed by atoms with Crippen LogP contribution in [0.1, 0.15) is 101 Å². The standard InChI is InChI=1S/C46H61N5O2.CH3NO/c1-8-10-19-40-33(4)49(7)45(41(40)20-11-9-2)42-28-36-21-23-50(44(52)27-34-15-14-18-39(26-34)47-22-24-48(5)6)30-38(36)29-43(42)46(53)51-31-37-17-13-12-16-35(37)25-32(51)3;2-1-3/h12-18,26,28-29,32,47H,8-11,19-25,27,30-31H2,1-7H3;1H,(H2,2,3)/t32-;/m1./s1. The first kappa shape index (κ1) is 42.3. The van der Waals surface area contributed by atoms with Crippen molar-refractivity contribution in [1.82, 2.24) is 19.3 Å². The first-order valence-electron chi connectivity index (χ1n) is 20.6. The molecule has 1 aromatic heterocycles. The summed E-state index contributed by atoms with van der Waals surface area (Å²) < 4.78 is 2.37. The Labute approximate surface area is 335 Å². The van der Waals surface area contributed by atoms with Gasteiger partial charge in [0.25, 0.3) is 5.91 Å². The maximum Gasteiger partial charge on any atom is 0.255 e. The lowest BCUT2D eigenvalue weighted by Crippen LogP contribution is -2.43. The second kappa shape index (κ2) is 19.8. The fraction of sp³-hybridized carbons (Fsp3) is 0.468. The summed E-state index contributed by atoms with van der Waals surface area (Å²) in [5.74, 6) is 0.210. The molecule has 0 aliphatic carbocycles. The molecule has 9 heteroatoms. The number of nitrogens with one attached hydrogen (secondary N) is 1. The molecule has 300 valence electrons. The third-order valence-electron chi connectivity index (χ3n) is 11.6. The van der Waals surface area contributed by atoms with Gasteiger partial charge in [-0.2, -0.15) is 0 Å². The average Bonchev–Trinajstić information content (AvgIpc) is 3.42. The van der Waals surface area contributed by atoms with Crippen molar-refractivity contribution in [1.29, 1.82) is 0 Å². The van der Waals surface area contributed by atoms with Crippen LogP contribution in [0.2, 0.25) is 0 Å². The van der Waals surface area contributed by atoms with Crippen LogP contribution >= 0.6 is 0 Å². The van der Waals surface area contributed by atoms with E-state index in [1.807, 2.05) is 17.0 Å². The van der Waals surface area contributed by atoms with E-state index in [-0.39, 0.29) is 24.3 Å². The fourth-order valence-corrected chi connectivity index (χ4v) is 8.39. The number of aromatic nitrogens is 1. The Bertz CT molecular complexity index is 1980. The number of unbranched alkanes of at least 4 members (excludes halogenated alkanes) is 2. The molecule has 3 amide bonds. The molecule has 6 rings (SSSR count). The minimum absolute atomic E-state index is 0.0854. The lowest BCUT2D eigenvalue weighted by molar-refractivity contribution is -0.131. The average molecular weight is 761 g/mol. The number of hydrogen-bond acceptors (Lipinski definition) is 5. The molecule has 0 bridgehead atoms. The zero-order valence-electron chi connectivity index (χ0n) is 34.9. The van der Waals surface area contributed by atoms with Crippen molar-refractivity contribution in [2.75, 3.05) is 39.0 Å². The molecule has 0 spiro atoms. The minimum atomic E-state index is 0.0854. The van der Waals surface area contributed by atoms with Gasteiger partial charge in [0, 0.05) is 68.3 Å². The van der Waals surface area contributed by atoms with E-state index in [0.29, 0.717) is 26.1 Å². The molecule has 3 aromatic carbocycles. The molecule has 1 atom stereocenters. The van der Waals surface area contributed by atoms with E-state index < -0.39 is 0 Å². The van der Waals surface area contributed by atoms with Crippen LogP contribution in [0.5, 0.6) is 0 Å². The summed E-state index contributed by atoms with van der Waals surface area (Å²) in [6, 6.07) is 21.3. The fourth-order valence-electron chi connectivity index (χ4n) is 8.39. The summed E-state index contributed by atoms with van der Waals surface area (Å²) in [5, 5.41) is 3.48. The highest BCUT2D eigenvalue weighted by atomic mass is 16.2. The molecule has 0 saturated heterocycles. The Morgan fingerprint density at radius 3 is 2.30 bits per heavy atom. The largest absolute Gasteiger partial charge is 0.384 e. The lowest BCUT2D eigenvalue weighted by Gasteiger charge is -2.36. The number of nitrogens with zero attached hydrogens (tertiary/aromatic N) is 4. The molecule has 3 heterocycles. The molecular formula is C47H64N6O3. The maximum absolute atomic E-state index is 15.0. The van der Waals surface area contributed by atoms with Gasteiger partial charge in [0.05, 0.1) is 12.1 Å². The van der Waals surface area contributed by atoms with E-state index in [1.165, 1.54) is 39.2 Å². The van der Waals surface area contributed by atoms with Gasteiger partial charge in [-0.15, -0.1) is 0 Å². The molecule has 3 N–H and O–H groups in total. The predicted molar refractivity (Wildman–Crippen MR) is 229 cm³/mol. The van der Waals surface area contributed by atoms with E-state index in [1.54, 1.807) is 0 Å². The van der Waals surface area contributed by atoms with Gasteiger partial charge in [0.2, 0.25) is 12.3 Å². The van der Waals surface area contributed by atoms with Crippen LogP contribution in [-0.2, 0) is 61.8 Å². The third-order valence-corrected chi connectivity index (χ3v) is 11.6. The Hall–Kier alpha value is -4.89. The monoisotopic (exact) mass is 761 g/mol. The van der Waals surface area contributed by atoms with E-state index >= 15 is 4.79 Å². The zero-order valence-corrected chi connectivity index (χ0v) is 34.9. The number of anilines is 1. The zero-order chi connectivity index (χ0) is 40.4. The molecule has 4 aromatic rings. The molecule has 0 saturated carbocycles. The summed E-state index contributed by atoms with van der Waals surface area (Å²) in [4.78, 5) is 43.7. The summed E-state index contributed by atoms with van der Waals surface area (Å²) >= 11 is 0. The van der Waals surface area contributed by atoms with Crippen molar-refractivity contribution >= 4 is 23.9 Å². The second-order valence-corrected chi connectivity index (χ2v) is 15.9. The molecule has 56 heavy (non-hydrogen) atoms. The second-order valence-electron chi connectivity index (χ2n) is 15.9. The van der Waals surface area contributed by atoms with Gasteiger partial charge in [-0.25, -0.2) is 0 Å². The van der Waals surface area contributed by atoms with Crippen molar-refractivity contribution < 1.29 is 14.4 Å². The van der Waals surface area contributed by atoms with Crippen molar-refractivity contribution in [3.63, 3.8) is 0 Å². The number of likely N-dealkylation sites (N-methyl/N-ethyl adjacent to an activating group) is 1. The highest BCUT2D eigenvalue weighted by molar-refractivity contribution is 6.02. The summed E-state index contributed by atoms with van der Waals surface area (Å²) in [6.45, 7) is 12.6. The van der Waals surface area contributed by atoms with E-state index in [9.17, 15) is 4.79 Å². The van der Waals surface area contributed by atoms with Crippen LogP contribution in [0.4, 0.5) is 5.69 Å². The summed E-state index contributed by atoms with van der Waals surface area (Å²) in [7, 11) is 6.33. The molecule has 2 aliphatic rings. The first-order chi connectivity index (χ1) is 27.0. The van der Waals surface area contributed by atoms with Crippen LogP contribution in [-0.4, -0.2) is 77.3 Å². The van der Waals surface area contributed by atoms with Crippen molar-refractivity contribution in [3.8, 4) is 11.3 Å². The van der Waals surface area contributed by atoms with Gasteiger partial charge in [-0.05, 0) is 130 Å². The van der Waals surface area contributed by atoms with Crippen LogP contribution in [0.25, 0.3) is 11.3 Å². The van der Waals surface area contributed by atoms with Crippen LogP contribution in [0.15, 0.2) is 60.7 Å². The predicted octanol–water partition coefficient (Wildman–Crippen LogP) is 7.48. The van der Waals surface area contributed by atoms with Gasteiger partial charge >= 0.3 is 0 Å². The number of primary amides is 1. The van der Waals surface area contributed by atoms with Crippen LogP contribution in [0.3, 0.4) is 0 Å². The minimum Gasteiger partial charge on any atom is -0.384 e. The molecule has 0 fully saturated rings. The van der Waals surface area contributed by atoms with Gasteiger partial charge < -0.3 is 30.3 Å². The Morgan fingerprint density at radius 1 is 0.911 bits per heavy atom. The van der Waals surface area contributed by atoms with E-state index in [0.717, 1.165) is 92.4 Å². The Balaban J connectivity index is 0.00000194. The van der Waals surface area contributed by atoms with Crippen LogP contribution in [0, 0.1) is 6.92 Å². The van der Waals surface area contributed by atoms with E-state index in [2.05, 4.69) is 123 Å². The van der Waals surface area contributed by atoms with Gasteiger partial charge in [0.15, 0.2) is 0 Å². The number of amides is 3. The quantitative estimate of drug-likeness (QED) is 0.130. The highest BCUT2D eigenvalue weighted by Gasteiger charge is 2.33. The lowest BCUT2D eigenvalue weighted by atomic mass is 9.87. The smallest absolute Gasteiger partial charge is 0.255 e. The molecule has 0 radical (unpaired) electrons. The number of benzene rings is 3. The number of nitrogens with two attached hydrogens (primary N) is 1. The number of rotatable bonds is 14. The summed E-state index contributed by atoms with van der Waals surface area (Å²) in [6.07, 6.45) is 8.87. The van der Waals surface area contributed by atoms with Crippen molar-refractivity contribution in [3.05, 3.63) is 111 Å². The normalized spacial score (nSPS) is 14.8. The molecule has 2 aliphatic heterocycles. The van der Waals surface area contributed by atoms with Gasteiger partial charge in [0.1, 0.15) is 0 Å². The molecular weight excluding hydrogens is 697 g/mol. The van der Waals surface area contributed by atoms with Crippen LogP contribution < -0.4 is 11.1 Å². The number of fused-ring (bicyclic) bond motifs is 2. The Kier molecular flexibility index (Phi) is 14.9. The topological polar surface area (TPSA) is 104 Å². The van der Waals surface area contributed by atoms with Gasteiger partial charge in [-0.1, -0.05) is 63.1 Å². The van der Waals surface area contributed by atoms with Crippen molar-refractivity contribution in [2.45, 2.75) is 105 Å². The number of carbonyl (C=O) groups excluding carboxylic acids is 3. The Morgan fingerprint density at radius 2 is 1.61 bits per heavy atom.